The van der Waals surface area contributed by atoms with Crippen molar-refractivity contribution < 1.29 is 9.53 Å². The van der Waals surface area contributed by atoms with Gasteiger partial charge in [-0.3, -0.25) is 4.79 Å². The summed E-state index contributed by atoms with van der Waals surface area (Å²) < 4.78 is 6.34. The van der Waals surface area contributed by atoms with E-state index in [1.807, 2.05) is 4.90 Å². The molecule has 1 fully saturated rings. The first-order valence-electron chi connectivity index (χ1n) is 6.20. The molecule has 1 aliphatic heterocycles. The van der Waals surface area contributed by atoms with Gasteiger partial charge in [-0.15, -0.1) is 0 Å². The number of nitrogens with zero attached hydrogens (tertiary/aromatic N) is 2. The molecule has 0 radical (unpaired) electrons. The molecule has 1 aromatic carbocycles. The number of carbonyl (C=O) groups excluding carboxylic acids is 1. The summed E-state index contributed by atoms with van der Waals surface area (Å²) in [6.45, 7) is 3.41. The molecule has 104 valence electrons. The molecule has 0 aromatic heterocycles. The third kappa shape index (κ3) is 4.11. The standard InChI is InChI=1S/C13H18BrN3O2/c1-16-2-4-17(5-3-16)13(18)9-19-12-7-10(14)6-11(15)8-12/h6-8H,2-5,9,15H2,1H3. The highest BCUT2D eigenvalue weighted by Gasteiger charge is 2.19. The van der Waals surface area contributed by atoms with Crippen molar-refractivity contribution in [3.63, 3.8) is 0 Å². The Bertz CT molecular complexity index is 439. The van der Waals surface area contributed by atoms with Crippen molar-refractivity contribution in [1.29, 1.82) is 0 Å². The zero-order valence-corrected chi connectivity index (χ0v) is 12.5. The topological polar surface area (TPSA) is 58.8 Å². The Morgan fingerprint density at radius 1 is 1.32 bits per heavy atom. The lowest BCUT2D eigenvalue weighted by atomic mass is 10.3. The first kappa shape index (κ1) is 14.1. The minimum Gasteiger partial charge on any atom is -0.484 e. The lowest BCUT2D eigenvalue weighted by Crippen LogP contribution is -2.48. The van der Waals surface area contributed by atoms with Crippen LogP contribution in [0.25, 0.3) is 0 Å². The molecule has 0 saturated carbocycles. The second kappa shape index (κ2) is 6.25. The first-order valence-corrected chi connectivity index (χ1v) is 6.99. The van der Waals surface area contributed by atoms with Crippen LogP contribution in [0.5, 0.6) is 5.75 Å². The lowest BCUT2D eigenvalue weighted by Gasteiger charge is -2.32. The summed E-state index contributed by atoms with van der Waals surface area (Å²) in [7, 11) is 2.06. The van der Waals surface area contributed by atoms with E-state index in [1.165, 1.54) is 0 Å². The second-order valence-electron chi connectivity index (χ2n) is 4.69. The van der Waals surface area contributed by atoms with Crippen molar-refractivity contribution in [2.45, 2.75) is 0 Å². The van der Waals surface area contributed by atoms with Crippen molar-refractivity contribution >= 4 is 27.5 Å². The number of halogens is 1. The summed E-state index contributed by atoms with van der Waals surface area (Å²) in [4.78, 5) is 16.0. The number of anilines is 1. The Morgan fingerprint density at radius 3 is 2.63 bits per heavy atom. The molecule has 19 heavy (non-hydrogen) atoms. The molecule has 0 bridgehead atoms. The van der Waals surface area contributed by atoms with Gasteiger partial charge in [-0.25, -0.2) is 0 Å². The first-order chi connectivity index (χ1) is 9.04. The van der Waals surface area contributed by atoms with E-state index in [2.05, 4.69) is 27.9 Å². The Balaban J connectivity index is 1.86. The fourth-order valence-electron chi connectivity index (χ4n) is 1.96. The van der Waals surface area contributed by atoms with E-state index in [9.17, 15) is 4.79 Å². The zero-order valence-electron chi connectivity index (χ0n) is 10.9. The second-order valence-corrected chi connectivity index (χ2v) is 5.61. The Hall–Kier alpha value is -1.27. The molecule has 1 aromatic rings. The van der Waals surface area contributed by atoms with E-state index >= 15 is 0 Å². The van der Waals surface area contributed by atoms with E-state index in [-0.39, 0.29) is 12.5 Å². The van der Waals surface area contributed by atoms with Gasteiger partial charge in [-0.2, -0.15) is 0 Å². The number of rotatable bonds is 3. The van der Waals surface area contributed by atoms with Gasteiger partial charge < -0.3 is 20.3 Å². The average Bonchev–Trinajstić information content (AvgIpc) is 2.36. The maximum atomic E-state index is 12.0. The van der Waals surface area contributed by atoms with Crippen LogP contribution in [-0.2, 0) is 4.79 Å². The third-order valence-electron chi connectivity index (χ3n) is 3.11. The molecule has 2 rings (SSSR count). The molecule has 0 unspecified atom stereocenters. The largest absolute Gasteiger partial charge is 0.484 e. The highest BCUT2D eigenvalue weighted by atomic mass is 79.9. The fourth-order valence-corrected chi connectivity index (χ4v) is 2.45. The van der Waals surface area contributed by atoms with Gasteiger partial charge in [0.05, 0.1) is 0 Å². The Kier molecular flexibility index (Phi) is 4.66. The molecule has 1 saturated heterocycles. The highest BCUT2D eigenvalue weighted by Crippen LogP contribution is 2.22. The van der Waals surface area contributed by atoms with Gasteiger partial charge in [0, 0.05) is 42.4 Å². The molecule has 5 nitrogen and oxygen atoms in total. The number of ether oxygens (including phenoxy) is 1. The molecule has 0 spiro atoms. The molecule has 2 N–H and O–H groups in total. The molecular formula is C13H18BrN3O2. The van der Waals surface area contributed by atoms with E-state index < -0.39 is 0 Å². The molecule has 0 aliphatic carbocycles. The summed E-state index contributed by atoms with van der Waals surface area (Å²) in [6, 6.07) is 5.30. The number of likely N-dealkylation sites (N-methyl/N-ethyl adjacent to an activating group) is 1. The van der Waals surface area contributed by atoms with Crippen LogP contribution in [-0.4, -0.2) is 55.5 Å². The van der Waals surface area contributed by atoms with Gasteiger partial charge in [0.15, 0.2) is 6.61 Å². The maximum Gasteiger partial charge on any atom is 0.260 e. The number of benzene rings is 1. The number of hydrogen-bond acceptors (Lipinski definition) is 4. The van der Waals surface area contributed by atoms with Crippen LogP contribution in [0.3, 0.4) is 0 Å². The Morgan fingerprint density at radius 2 is 2.00 bits per heavy atom. The monoisotopic (exact) mass is 327 g/mol. The van der Waals surface area contributed by atoms with Crippen LogP contribution >= 0.6 is 15.9 Å². The van der Waals surface area contributed by atoms with Crippen molar-refractivity contribution in [3.05, 3.63) is 22.7 Å². The van der Waals surface area contributed by atoms with Crippen LogP contribution in [0.2, 0.25) is 0 Å². The van der Waals surface area contributed by atoms with Gasteiger partial charge >= 0.3 is 0 Å². The molecule has 1 amide bonds. The maximum absolute atomic E-state index is 12.0. The average molecular weight is 328 g/mol. The number of amides is 1. The summed E-state index contributed by atoms with van der Waals surface area (Å²) in [5, 5.41) is 0. The third-order valence-corrected chi connectivity index (χ3v) is 3.57. The fraction of sp³-hybridized carbons (Fsp3) is 0.462. The van der Waals surface area contributed by atoms with E-state index in [0.717, 1.165) is 30.7 Å². The molecule has 1 aliphatic rings. The van der Waals surface area contributed by atoms with Crippen LogP contribution in [0.15, 0.2) is 22.7 Å². The number of nitrogens with two attached hydrogens (primary N) is 1. The molecular weight excluding hydrogens is 310 g/mol. The van der Waals surface area contributed by atoms with Crippen molar-refractivity contribution in [2.24, 2.45) is 0 Å². The van der Waals surface area contributed by atoms with Gasteiger partial charge in [-0.1, -0.05) is 15.9 Å². The SMILES string of the molecule is CN1CCN(C(=O)COc2cc(N)cc(Br)c2)CC1. The van der Waals surface area contributed by atoms with Crippen molar-refractivity contribution in [2.75, 3.05) is 45.6 Å². The van der Waals surface area contributed by atoms with Crippen molar-refractivity contribution in [1.82, 2.24) is 9.80 Å². The normalized spacial score (nSPS) is 16.4. The van der Waals surface area contributed by atoms with E-state index in [4.69, 9.17) is 10.5 Å². The minimum atomic E-state index is 0.0200. The summed E-state index contributed by atoms with van der Waals surface area (Å²) in [5.74, 6) is 0.626. The lowest BCUT2D eigenvalue weighted by molar-refractivity contribution is -0.134. The molecule has 0 atom stereocenters. The number of hydrogen-bond donors (Lipinski definition) is 1. The number of carbonyl (C=O) groups is 1. The van der Waals surface area contributed by atoms with Gasteiger partial charge in [-0.05, 0) is 19.2 Å². The Labute approximate surface area is 121 Å². The predicted molar refractivity (Wildman–Crippen MR) is 78.1 cm³/mol. The van der Waals surface area contributed by atoms with E-state index in [0.29, 0.717) is 11.4 Å². The zero-order chi connectivity index (χ0) is 13.8. The summed E-state index contributed by atoms with van der Waals surface area (Å²) in [5.41, 5.74) is 6.32. The van der Waals surface area contributed by atoms with E-state index in [1.54, 1.807) is 18.2 Å². The number of piperazine rings is 1. The minimum absolute atomic E-state index is 0.0200. The van der Waals surface area contributed by atoms with Crippen LogP contribution in [0.4, 0.5) is 5.69 Å². The summed E-state index contributed by atoms with van der Waals surface area (Å²) >= 11 is 3.34. The van der Waals surface area contributed by atoms with Crippen molar-refractivity contribution in [3.8, 4) is 5.75 Å². The molecule has 1 heterocycles. The smallest absolute Gasteiger partial charge is 0.260 e. The van der Waals surface area contributed by atoms with Crippen LogP contribution in [0, 0.1) is 0 Å². The van der Waals surface area contributed by atoms with Gasteiger partial charge in [0.1, 0.15) is 5.75 Å². The van der Waals surface area contributed by atoms with Crippen LogP contribution < -0.4 is 10.5 Å². The molecule has 6 heteroatoms. The highest BCUT2D eigenvalue weighted by molar-refractivity contribution is 9.10. The van der Waals surface area contributed by atoms with Crippen LogP contribution in [0.1, 0.15) is 0 Å². The van der Waals surface area contributed by atoms with Gasteiger partial charge in [0.2, 0.25) is 0 Å². The quantitative estimate of drug-likeness (QED) is 0.847. The predicted octanol–water partition coefficient (Wildman–Crippen LogP) is 1.18. The number of nitrogen functional groups attached to an aromatic ring is 1. The van der Waals surface area contributed by atoms with Gasteiger partial charge in [0.25, 0.3) is 5.91 Å². The summed E-state index contributed by atoms with van der Waals surface area (Å²) in [6.07, 6.45) is 0.